The average molecular weight is 424 g/mol. The Bertz CT molecular complexity index is 1010. The largest absolute Gasteiger partial charge is 0.353 e. The van der Waals surface area contributed by atoms with Gasteiger partial charge in [0.05, 0.1) is 18.1 Å². The molecule has 1 fully saturated rings. The van der Waals surface area contributed by atoms with Gasteiger partial charge >= 0.3 is 6.03 Å². The van der Waals surface area contributed by atoms with Crippen molar-refractivity contribution in [1.29, 1.82) is 0 Å². The maximum atomic E-state index is 12.3. The van der Waals surface area contributed by atoms with E-state index in [2.05, 4.69) is 35.4 Å². The fraction of sp³-hybridized carbons (Fsp3) is 0.238. The first-order valence-corrected chi connectivity index (χ1v) is 10.0. The first-order valence-electron chi connectivity index (χ1n) is 9.66. The highest BCUT2D eigenvalue weighted by atomic mass is 35.5. The lowest BCUT2D eigenvalue weighted by Crippen LogP contribution is -2.47. The fourth-order valence-corrected chi connectivity index (χ4v) is 3.43. The molecular formula is C21H22ClN7O. The molecule has 1 saturated heterocycles. The van der Waals surface area contributed by atoms with E-state index in [1.807, 2.05) is 25.1 Å². The Labute approximate surface area is 179 Å². The Morgan fingerprint density at radius 2 is 1.67 bits per heavy atom. The van der Waals surface area contributed by atoms with Crippen LogP contribution in [0.4, 0.5) is 27.9 Å². The summed E-state index contributed by atoms with van der Waals surface area (Å²) in [7, 11) is 0. The third-order valence-corrected chi connectivity index (χ3v) is 5.36. The Morgan fingerprint density at radius 3 is 2.37 bits per heavy atom. The van der Waals surface area contributed by atoms with Gasteiger partial charge in [0, 0.05) is 43.1 Å². The number of pyridine rings is 1. The zero-order valence-corrected chi connectivity index (χ0v) is 17.3. The van der Waals surface area contributed by atoms with Crippen LogP contribution in [-0.4, -0.2) is 47.2 Å². The van der Waals surface area contributed by atoms with Crippen molar-refractivity contribution in [3.05, 3.63) is 65.6 Å². The van der Waals surface area contributed by atoms with E-state index >= 15 is 0 Å². The first kappa shape index (κ1) is 19.9. The van der Waals surface area contributed by atoms with Crippen molar-refractivity contribution in [1.82, 2.24) is 15.0 Å². The lowest BCUT2D eigenvalue weighted by Gasteiger charge is -2.35. The summed E-state index contributed by atoms with van der Waals surface area (Å²) in [6.07, 6.45) is 5.02. The number of anilines is 4. The van der Waals surface area contributed by atoms with Crippen molar-refractivity contribution in [2.24, 2.45) is 0 Å². The monoisotopic (exact) mass is 423 g/mol. The second-order valence-corrected chi connectivity index (χ2v) is 7.33. The number of aromatic nitrogens is 3. The number of urea groups is 1. The third kappa shape index (κ3) is 4.60. The maximum absolute atomic E-state index is 12.3. The van der Waals surface area contributed by atoms with Gasteiger partial charge in [0.15, 0.2) is 0 Å². The summed E-state index contributed by atoms with van der Waals surface area (Å²) in [5.41, 5.74) is 1.98. The van der Waals surface area contributed by atoms with E-state index in [1.54, 1.807) is 36.8 Å². The molecule has 1 aliphatic heterocycles. The van der Waals surface area contributed by atoms with Gasteiger partial charge in [-0.1, -0.05) is 23.7 Å². The minimum Gasteiger partial charge on any atom is -0.353 e. The molecule has 0 aliphatic carbocycles. The summed E-state index contributed by atoms with van der Waals surface area (Å²) in [6.45, 7) is 5.16. The fourth-order valence-electron chi connectivity index (χ4n) is 3.25. The number of carbonyl (C=O) groups is 1. The molecule has 2 aromatic heterocycles. The van der Waals surface area contributed by atoms with Crippen LogP contribution in [0.25, 0.3) is 0 Å². The minimum atomic E-state index is -0.374. The Morgan fingerprint density at radius 1 is 0.933 bits per heavy atom. The van der Waals surface area contributed by atoms with Crippen LogP contribution in [0.15, 0.2) is 55.0 Å². The second-order valence-electron chi connectivity index (χ2n) is 6.93. The summed E-state index contributed by atoms with van der Waals surface area (Å²) in [4.78, 5) is 29.8. The quantitative estimate of drug-likeness (QED) is 0.663. The van der Waals surface area contributed by atoms with Crippen molar-refractivity contribution < 1.29 is 4.79 Å². The van der Waals surface area contributed by atoms with Crippen molar-refractivity contribution in [3.8, 4) is 0 Å². The molecule has 0 unspecified atom stereocenters. The number of halogens is 1. The number of nitrogens with one attached hydrogen (secondary N) is 2. The highest BCUT2D eigenvalue weighted by Crippen LogP contribution is 2.23. The SMILES string of the molecule is Cc1c(Cl)cccc1NC(=O)Nc1cnc(N2CCN(c3ccccn3)CC2)nc1. The van der Waals surface area contributed by atoms with Gasteiger partial charge in [-0.3, -0.25) is 0 Å². The van der Waals surface area contributed by atoms with Crippen LogP contribution in [0.1, 0.15) is 5.56 Å². The van der Waals surface area contributed by atoms with Crippen molar-refractivity contribution >= 4 is 40.8 Å². The molecule has 8 nitrogen and oxygen atoms in total. The predicted molar refractivity (Wildman–Crippen MR) is 120 cm³/mol. The molecule has 1 aromatic carbocycles. The second kappa shape index (κ2) is 8.96. The van der Waals surface area contributed by atoms with Gasteiger partial charge in [0.2, 0.25) is 5.95 Å². The molecular weight excluding hydrogens is 402 g/mol. The van der Waals surface area contributed by atoms with E-state index in [0.29, 0.717) is 22.3 Å². The molecule has 3 heterocycles. The van der Waals surface area contributed by atoms with Crippen LogP contribution >= 0.6 is 11.6 Å². The summed E-state index contributed by atoms with van der Waals surface area (Å²) in [6, 6.07) is 10.9. The molecule has 0 radical (unpaired) electrons. The number of hydrogen-bond acceptors (Lipinski definition) is 6. The van der Waals surface area contributed by atoms with E-state index in [-0.39, 0.29) is 6.03 Å². The van der Waals surface area contributed by atoms with E-state index in [1.165, 1.54) is 0 Å². The zero-order chi connectivity index (χ0) is 20.9. The molecule has 0 saturated carbocycles. The predicted octanol–water partition coefficient (Wildman–Crippen LogP) is 3.80. The Hall–Kier alpha value is -3.39. The van der Waals surface area contributed by atoms with Crippen molar-refractivity contribution in [2.75, 3.05) is 46.6 Å². The standard InChI is InChI=1S/C21H22ClN7O/c1-15-17(22)5-4-6-18(15)27-21(30)26-16-13-24-20(25-14-16)29-11-9-28(10-12-29)19-7-2-3-8-23-19/h2-8,13-14H,9-12H2,1H3,(H2,26,27,30). The molecule has 2 N–H and O–H groups in total. The maximum Gasteiger partial charge on any atom is 0.323 e. The molecule has 30 heavy (non-hydrogen) atoms. The number of rotatable bonds is 4. The van der Waals surface area contributed by atoms with Gasteiger partial charge in [-0.25, -0.2) is 19.7 Å². The molecule has 0 atom stereocenters. The van der Waals surface area contributed by atoms with Crippen molar-refractivity contribution in [2.45, 2.75) is 6.92 Å². The number of carbonyl (C=O) groups excluding carboxylic acids is 1. The summed E-state index contributed by atoms with van der Waals surface area (Å²) >= 11 is 6.09. The molecule has 1 aliphatic rings. The van der Waals surface area contributed by atoms with Gasteiger partial charge in [-0.05, 0) is 36.8 Å². The van der Waals surface area contributed by atoms with Gasteiger partial charge in [-0.2, -0.15) is 0 Å². The van der Waals surface area contributed by atoms with Crippen LogP contribution in [-0.2, 0) is 0 Å². The average Bonchev–Trinajstić information content (AvgIpc) is 2.78. The summed E-state index contributed by atoms with van der Waals surface area (Å²) in [5.74, 6) is 1.63. The topological polar surface area (TPSA) is 86.3 Å². The Balaban J connectivity index is 1.32. The molecule has 0 bridgehead atoms. The number of hydrogen-bond donors (Lipinski definition) is 2. The van der Waals surface area contributed by atoms with Crippen LogP contribution < -0.4 is 20.4 Å². The lowest BCUT2D eigenvalue weighted by molar-refractivity contribution is 0.262. The van der Waals surface area contributed by atoms with Gasteiger partial charge in [-0.15, -0.1) is 0 Å². The normalized spacial score (nSPS) is 13.8. The molecule has 9 heteroatoms. The number of benzene rings is 1. The van der Waals surface area contributed by atoms with Crippen LogP contribution in [0.3, 0.4) is 0 Å². The van der Waals surface area contributed by atoms with Crippen LogP contribution in [0.2, 0.25) is 5.02 Å². The smallest absolute Gasteiger partial charge is 0.323 e. The number of amides is 2. The molecule has 4 rings (SSSR count). The molecule has 3 aromatic rings. The summed E-state index contributed by atoms with van der Waals surface area (Å²) < 4.78 is 0. The molecule has 0 spiro atoms. The molecule has 2 amide bonds. The van der Waals surface area contributed by atoms with Gasteiger partial charge < -0.3 is 20.4 Å². The molecule has 154 valence electrons. The number of nitrogens with zero attached hydrogens (tertiary/aromatic N) is 5. The highest BCUT2D eigenvalue weighted by Gasteiger charge is 2.19. The van der Waals surface area contributed by atoms with E-state index < -0.39 is 0 Å². The van der Waals surface area contributed by atoms with E-state index in [4.69, 9.17) is 11.6 Å². The zero-order valence-electron chi connectivity index (χ0n) is 16.5. The van der Waals surface area contributed by atoms with Gasteiger partial charge in [0.25, 0.3) is 0 Å². The van der Waals surface area contributed by atoms with E-state index in [9.17, 15) is 4.79 Å². The first-order chi connectivity index (χ1) is 14.6. The van der Waals surface area contributed by atoms with Gasteiger partial charge in [0.1, 0.15) is 5.82 Å². The van der Waals surface area contributed by atoms with Crippen LogP contribution in [0.5, 0.6) is 0 Å². The number of piperazine rings is 1. The Kier molecular flexibility index (Phi) is 5.94. The lowest BCUT2D eigenvalue weighted by atomic mass is 10.2. The van der Waals surface area contributed by atoms with E-state index in [0.717, 1.165) is 37.6 Å². The minimum absolute atomic E-state index is 0.374. The van der Waals surface area contributed by atoms with Crippen LogP contribution in [0, 0.1) is 6.92 Å². The highest BCUT2D eigenvalue weighted by molar-refractivity contribution is 6.31. The summed E-state index contributed by atoms with van der Waals surface area (Å²) in [5, 5.41) is 6.13. The van der Waals surface area contributed by atoms with Crippen molar-refractivity contribution in [3.63, 3.8) is 0 Å². The third-order valence-electron chi connectivity index (χ3n) is 4.95.